The number of carbonyl (C=O) groups is 1. The van der Waals surface area contributed by atoms with E-state index >= 15 is 0 Å². The quantitative estimate of drug-likeness (QED) is 0.898. The first-order valence-electron chi connectivity index (χ1n) is 5.76. The Morgan fingerprint density at radius 3 is 2.84 bits per heavy atom. The lowest BCUT2D eigenvalue weighted by atomic mass is 10.1. The first-order valence-corrected chi connectivity index (χ1v) is 6.64. The molecule has 2 rings (SSSR count). The van der Waals surface area contributed by atoms with Crippen LogP contribution in [0.5, 0.6) is 5.75 Å². The highest BCUT2D eigenvalue weighted by Gasteiger charge is 2.16. The Morgan fingerprint density at radius 2 is 2.21 bits per heavy atom. The number of benzene rings is 1. The van der Waals surface area contributed by atoms with Gasteiger partial charge in [0.25, 0.3) is 5.91 Å². The molecule has 0 radical (unpaired) electrons. The minimum absolute atomic E-state index is 0.174. The van der Waals surface area contributed by atoms with Crippen molar-refractivity contribution in [1.29, 1.82) is 0 Å². The van der Waals surface area contributed by atoms with E-state index in [1.165, 1.54) is 11.3 Å². The van der Waals surface area contributed by atoms with Crippen LogP contribution in [0.2, 0.25) is 0 Å². The number of anilines is 1. The van der Waals surface area contributed by atoms with Crippen LogP contribution in [0, 0.1) is 0 Å². The summed E-state index contributed by atoms with van der Waals surface area (Å²) < 4.78 is 5.27. The van der Waals surface area contributed by atoms with E-state index in [9.17, 15) is 4.79 Å². The number of carbonyl (C=O) groups excluding carboxylic acids is 1. The van der Waals surface area contributed by atoms with Gasteiger partial charge in [0.05, 0.1) is 13.2 Å². The van der Waals surface area contributed by atoms with Gasteiger partial charge in [-0.25, -0.2) is 4.98 Å². The molecule has 0 aliphatic heterocycles. The van der Waals surface area contributed by atoms with Crippen LogP contribution in [0.4, 0.5) is 5.13 Å². The van der Waals surface area contributed by atoms with Crippen LogP contribution in [-0.4, -0.2) is 18.0 Å². The van der Waals surface area contributed by atoms with Crippen LogP contribution >= 0.6 is 11.3 Å². The van der Waals surface area contributed by atoms with Gasteiger partial charge in [0.2, 0.25) is 0 Å². The van der Waals surface area contributed by atoms with Gasteiger partial charge in [-0.05, 0) is 13.0 Å². The number of thiazole rings is 1. The van der Waals surface area contributed by atoms with Gasteiger partial charge in [-0.2, -0.15) is 0 Å². The molecule has 0 aliphatic rings. The minimum Gasteiger partial charge on any atom is -0.496 e. The number of hydrogen-bond donors (Lipinski definition) is 2. The van der Waals surface area contributed by atoms with Crippen LogP contribution in [0.1, 0.15) is 29.0 Å². The second kappa shape index (κ2) is 5.71. The molecule has 1 unspecified atom stereocenters. The number of nitrogen functional groups attached to an aromatic ring is 1. The van der Waals surface area contributed by atoms with Gasteiger partial charge in [0.1, 0.15) is 11.4 Å². The van der Waals surface area contributed by atoms with E-state index < -0.39 is 0 Å². The standard InChI is InChI=1S/C13H15N3O2S/c1-8(9-5-3-4-6-11(9)18-2)15-12(17)10-7-19-13(14)16-10/h3-8H,1-2H3,(H2,14,16)(H,15,17). The van der Waals surface area contributed by atoms with Gasteiger partial charge in [-0.3, -0.25) is 4.79 Å². The highest BCUT2D eigenvalue weighted by Crippen LogP contribution is 2.24. The molecule has 1 amide bonds. The van der Waals surface area contributed by atoms with E-state index in [1.54, 1.807) is 12.5 Å². The van der Waals surface area contributed by atoms with Crippen molar-refractivity contribution < 1.29 is 9.53 Å². The fraction of sp³-hybridized carbons (Fsp3) is 0.231. The zero-order valence-electron chi connectivity index (χ0n) is 10.7. The number of hydrogen-bond acceptors (Lipinski definition) is 5. The summed E-state index contributed by atoms with van der Waals surface area (Å²) >= 11 is 1.24. The largest absolute Gasteiger partial charge is 0.496 e. The van der Waals surface area contributed by atoms with Crippen LogP contribution in [-0.2, 0) is 0 Å². The molecule has 2 aromatic rings. The molecule has 0 aliphatic carbocycles. The molecule has 5 nitrogen and oxygen atoms in total. The molecule has 1 aromatic carbocycles. The molecule has 6 heteroatoms. The lowest BCUT2D eigenvalue weighted by molar-refractivity contribution is 0.0935. The van der Waals surface area contributed by atoms with Crippen molar-refractivity contribution >= 4 is 22.4 Å². The summed E-state index contributed by atoms with van der Waals surface area (Å²) in [6, 6.07) is 7.39. The van der Waals surface area contributed by atoms with E-state index in [-0.39, 0.29) is 11.9 Å². The van der Waals surface area contributed by atoms with Crippen LogP contribution < -0.4 is 15.8 Å². The normalized spacial score (nSPS) is 11.9. The Hall–Kier alpha value is -2.08. The maximum absolute atomic E-state index is 12.0. The summed E-state index contributed by atoms with van der Waals surface area (Å²) in [5.41, 5.74) is 6.77. The summed E-state index contributed by atoms with van der Waals surface area (Å²) in [6.45, 7) is 1.89. The van der Waals surface area contributed by atoms with E-state index in [4.69, 9.17) is 10.5 Å². The molecule has 0 fully saturated rings. The highest BCUT2D eigenvalue weighted by molar-refractivity contribution is 7.13. The number of methoxy groups -OCH3 is 1. The molecule has 1 atom stereocenters. The Morgan fingerprint density at radius 1 is 1.47 bits per heavy atom. The Labute approximate surface area is 115 Å². The van der Waals surface area contributed by atoms with Gasteiger partial charge in [0, 0.05) is 10.9 Å². The van der Waals surface area contributed by atoms with Crippen molar-refractivity contribution in [2.45, 2.75) is 13.0 Å². The summed E-state index contributed by atoms with van der Waals surface area (Å²) in [7, 11) is 1.61. The van der Waals surface area contributed by atoms with Crippen molar-refractivity contribution in [2.24, 2.45) is 0 Å². The first-order chi connectivity index (χ1) is 9.11. The minimum atomic E-state index is -0.244. The average molecular weight is 277 g/mol. The van der Waals surface area contributed by atoms with Gasteiger partial charge >= 0.3 is 0 Å². The van der Waals surface area contributed by atoms with E-state index in [1.807, 2.05) is 31.2 Å². The fourth-order valence-corrected chi connectivity index (χ4v) is 2.31. The number of nitrogens with one attached hydrogen (secondary N) is 1. The number of para-hydroxylation sites is 1. The molecule has 3 N–H and O–H groups in total. The van der Waals surface area contributed by atoms with Gasteiger partial charge < -0.3 is 15.8 Å². The van der Waals surface area contributed by atoms with Gasteiger partial charge in [0.15, 0.2) is 5.13 Å². The smallest absolute Gasteiger partial charge is 0.271 e. The maximum atomic E-state index is 12.0. The van der Waals surface area contributed by atoms with E-state index in [2.05, 4.69) is 10.3 Å². The summed E-state index contributed by atoms with van der Waals surface area (Å²) in [6.07, 6.45) is 0. The van der Waals surface area contributed by atoms with E-state index in [0.717, 1.165) is 11.3 Å². The van der Waals surface area contributed by atoms with Gasteiger partial charge in [-0.1, -0.05) is 18.2 Å². The molecular weight excluding hydrogens is 262 g/mol. The monoisotopic (exact) mass is 277 g/mol. The second-order valence-electron chi connectivity index (χ2n) is 4.01. The molecule has 1 aromatic heterocycles. The Balaban J connectivity index is 2.12. The molecule has 100 valence electrons. The molecule has 0 saturated heterocycles. The van der Waals surface area contributed by atoms with E-state index in [0.29, 0.717) is 10.8 Å². The van der Waals surface area contributed by atoms with Crippen LogP contribution in [0.15, 0.2) is 29.6 Å². The van der Waals surface area contributed by atoms with Crippen molar-refractivity contribution in [3.05, 3.63) is 40.9 Å². The SMILES string of the molecule is COc1ccccc1C(C)NC(=O)c1csc(N)n1. The maximum Gasteiger partial charge on any atom is 0.271 e. The lowest BCUT2D eigenvalue weighted by Crippen LogP contribution is -2.27. The third-order valence-electron chi connectivity index (χ3n) is 2.71. The van der Waals surface area contributed by atoms with Crippen molar-refractivity contribution in [1.82, 2.24) is 10.3 Å². The lowest BCUT2D eigenvalue weighted by Gasteiger charge is -2.16. The molecule has 1 heterocycles. The number of rotatable bonds is 4. The number of ether oxygens (including phenoxy) is 1. The Kier molecular flexibility index (Phi) is 4.01. The molecular formula is C13H15N3O2S. The topological polar surface area (TPSA) is 77.2 Å². The third kappa shape index (κ3) is 3.03. The number of nitrogens with two attached hydrogens (primary N) is 1. The Bertz CT molecular complexity index is 583. The summed E-state index contributed by atoms with van der Waals surface area (Å²) in [5, 5.41) is 4.89. The first kappa shape index (κ1) is 13.4. The number of aromatic nitrogens is 1. The molecule has 19 heavy (non-hydrogen) atoms. The van der Waals surface area contributed by atoms with Crippen LogP contribution in [0.3, 0.4) is 0 Å². The summed E-state index contributed by atoms with van der Waals surface area (Å²) in [5.74, 6) is 0.499. The molecule has 0 saturated carbocycles. The van der Waals surface area contributed by atoms with Crippen molar-refractivity contribution in [3.8, 4) is 5.75 Å². The zero-order valence-corrected chi connectivity index (χ0v) is 11.5. The second-order valence-corrected chi connectivity index (χ2v) is 4.90. The molecule has 0 bridgehead atoms. The zero-order chi connectivity index (χ0) is 13.8. The number of nitrogens with zero attached hydrogens (tertiary/aromatic N) is 1. The van der Waals surface area contributed by atoms with Crippen molar-refractivity contribution in [3.63, 3.8) is 0 Å². The van der Waals surface area contributed by atoms with Crippen LogP contribution in [0.25, 0.3) is 0 Å². The number of amides is 1. The average Bonchev–Trinajstić information content (AvgIpc) is 2.85. The summed E-state index contributed by atoms with van der Waals surface area (Å²) in [4.78, 5) is 15.9. The predicted octanol–water partition coefficient (Wildman–Crippen LogP) is 2.22. The molecule has 0 spiro atoms. The highest BCUT2D eigenvalue weighted by atomic mass is 32.1. The predicted molar refractivity (Wildman–Crippen MR) is 75.4 cm³/mol. The van der Waals surface area contributed by atoms with Gasteiger partial charge in [-0.15, -0.1) is 11.3 Å². The third-order valence-corrected chi connectivity index (χ3v) is 3.38. The van der Waals surface area contributed by atoms with Crippen molar-refractivity contribution in [2.75, 3.05) is 12.8 Å². The fourth-order valence-electron chi connectivity index (χ4n) is 1.76.